The largest absolute Gasteiger partial charge is 0.481 e. The van der Waals surface area contributed by atoms with E-state index in [-0.39, 0.29) is 12.3 Å². The summed E-state index contributed by atoms with van der Waals surface area (Å²) in [4.78, 5) is 22.5. The molecule has 1 amide bonds. The first kappa shape index (κ1) is 17.5. The third-order valence-electron chi connectivity index (χ3n) is 3.41. The van der Waals surface area contributed by atoms with E-state index in [0.717, 1.165) is 19.3 Å². The number of carbonyl (C=O) groups excluding carboxylic acids is 1. The normalized spacial score (nSPS) is 11.9. The summed E-state index contributed by atoms with van der Waals surface area (Å²) in [6, 6.07) is 6.74. The molecule has 0 fully saturated rings. The first-order valence-electron chi connectivity index (χ1n) is 7.28. The number of hydrogen-bond acceptors (Lipinski definition) is 2. The van der Waals surface area contributed by atoms with Crippen LogP contribution in [0.2, 0.25) is 5.02 Å². The van der Waals surface area contributed by atoms with Crippen molar-refractivity contribution in [1.82, 2.24) is 5.32 Å². The molecule has 1 aromatic carbocycles. The summed E-state index contributed by atoms with van der Waals surface area (Å²) in [7, 11) is 0. The average molecular weight is 312 g/mol. The van der Waals surface area contributed by atoms with Gasteiger partial charge in [-0.15, -0.1) is 0 Å². The van der Waals surface area contributed by atoms with Crippen LogP contribution in [0.15, 0.2) is 24.3 Å². The maximum atomic E-state index is 11.9. The van der Waals surface area contributed by atoms with Gasteiger partial charge in [-0.2, -0.15) is 0 Å². The van der Waals surface area contributed by atoms with E-state index in [2.05, 4.69) is 12.2 Å². The molecule has 0 heterocycles. The number of carboxylic acid groups (broad SMARTS) is 1. The highest BCUT2D eigenvalue weighted by atomic mass is 35.5. The molecule has 1 atom stereocenters. The lowest BCUT2D eigenvalue weighted by molar-refractivity contribution is -0.137. The Morgan fingerprint density at radius 3 is 2.43 bits per heavy atom. The molecule has 0 aliphatic carbocycles. The fourth-order valence-corrected chi connectivity index (χ4v) is 2.39. The van der Waals surface area contributed by atoms with Crippen molar-refractivity contribution in [3.8, 4) is 0 Å². The van der Waals surface area contributed by atoms with Crippen LogP contribution in [0.1, 0.15) is 49.4 Å². The SMILES string of the molecule is CCCC(CCNC(=O)c1ccc(Cl)cc1)CCC(=O)O. The quantitative estimate of drug-likeness (QED) is 0.730. The number of amides is 1. The first-order valence-corrected chi connectivity index (χ1v) is 7.66. The van der Waals surface area contributed by atoms with Crippen molar-refractivity contribution in [2.45, 2.75) is 39.0 Å². The van der Waals surface area contributed by atoms with Crippen molar-refractivity contribution in [2.75, 3.05) is 6.54 Å². The maximum absolute atomic E-state index is 11.9. The Hall–Kier alpha value is -1.55. The molecule has 116 valence electrons. The topological polar surface area (TPSA) is 66.4 Å². The number of nitrogens with one attached hydrogen (secondary N) is 1. The molecule has 21 heavy (non-hydrogen) atoms. The molecule has 5 heteroatoms. The van der Waals surface area contributed by atoms with Gasteiger partial charge in [0.1, 0.15) is 0 Å². The van der Waals surface area contributed by atoms with E-state index in [1.165, 1.54) is 0 Å². The predicted octanol–water partition coefficient (Wildman–Crippen LogP) is 3.74. The van der Waals surface area contributed by atoms with Crippen LogP contribution in [-0.2, 0) is 4.79 Å². The Balaban J connectivity index is 2.36. The standard InChI is InChI=1S/C16H22ClNO3/c1-2-3-12(4-9-15(19)20)10-11-18-16(21)13-5-7-14(17)8-6-13/h5-8,12H,2-4,9-11H2,1H3,(H,18,21)(H,19,20). The van der Waals surface area contributed by atoms with Crippen LogP contribution in [0.25, 0.3) is 0 Å². The van der Waals surface area contributed by atoms with E-state index in [4.69, 9.17) is 16.7 Å². The lowest BCUT2D eigenvalue weighted by Gasteiger charge is -2.15. The van der Waals surface area contributed by atoms with Gasteiger partial charge >= 0.3 is 5.97 Å². The van der Waals surface area contributed by atoms with E-state index >= 15 is 0 Å². The van der Waals surface area contributed by atoms with Gasteiger partial charge < -0.3 is 10.4 Å². The third kappa shape index (κ3) is 7.14. The molecule has 0 aliphatic heterocycles. The van der Waals surface area contributed by atoms with Gasteiger partial charge in [-0.3, -0.25) is 9.59 Å². The number of hydrogen-bond donors (Lipinski definition) is 2. The molecular weight excluding hydrogens is 290 g/mol. The number of halogens is 1. The summed E-state index contributed by atoms with van der Waals surface area (Å²) in [6.45, 7) is 2.64. The number of carboxylic acids is 1. The third-order valence-corrected chi connectivity index (χ3v) is 3.66. The van der Waals surface area contributed by atoms with Gasteiger partial charge in [0.15, 0.2) is 0 Å². The highest BCUT2D eigenvalue weighted by Gasteiger charge is 2.11. The van der Waals surface area contributed by atoms with Crippen LogP contribution in [0.4, 0.5) is 0 Å². The van der Waals surface area contributed by atoms with Crippen molar-refractivity contribution in [3.05, 3.63) is 34.9 Å². The van der Waals surface area contributed by atoms with Gasteiger partial charge in [0.05, 0.1) is 0 Å². The van der Waals surface area contributed by atoms with Gasteiger partial charge in [0.25, 0.3) is 5.91 Å². The first-order chi connectivity index (χ1) is 10.0. The molecule has 0 aliphatic rings. The summed E-state index contributed by atoms with van der Waals surface area (Å²) in [5, 5.41) is 12.2. The predicted molar refractivity (Wildman–Crippen MR) is 83.7 cm³/mol. The Bertz CT molecular complexity index is 459. The van der Waals surface area contributed by atoms with Crippen molar-refractivity contribution in [3.63, 3.8) is 0 Å². The second-order valence-corrected chi connectivity index (χ2v) is 5.58. The van der Waals surface area contributed by atoms with Gasteiger partial charge in [-0.05, 0) is 43.0 Å². The fourth-order valence-electron chi connectivity index (χ4n) is 2.26. The van der Waals surface area contributed by atoms with Crippen LogP contribution < -0.4 is 5.32 Å². The molecule has 0 aromatic heterocycles. The summed E-state index contributed by atoms with van der Waals surface area (Å²) < 4.78 is 0. The molecule has 1 unspecified atom stereocenters. The van der Waals surface area contributed by atoms with E-state index < -0.39 is 5.97 Å². The minimum absolute atomic E-state index is 0.125. The van der Waals surface area contributed by atoms with Crippen LogP contribution >= 0.6 is 11.6 Å². The second kappa shape index (κ2) is 9.40. The molecular formula is C16H22ClNO3. The van der Waals surface area contributed by atoms with Crippen LogP contribution in [-0.4, -0.2) is 23.5 Å². The molecule has 2 N–H and O–H groups in total. The molecule has 0 saturated carbocycles. The molecule has 0 radical (unpaired) electrons. The van der Waals surface area contributed by atoms with Crippen LogP contribution in [0.3, 0.4) is 0 Å². The van der Waals surface area contributed by atoms with Gasteiger partial charge in [0, 0.05) is 23.6 Å². The van der Waals surface area contributed by atoms with E-state index in [0.29, 0.717) is 29.5 Å². The van der Waals surface area contributed by atoms with Crippen molar-refractivity contribution in [2.24, 2.45) is 5.92 Å². The number of rotatable bonds is 9. The molecule has 4 nitrogen and oxygen atoms in total. The second-order valence-electron chi connectivity index (χ2n) is 5.14. The van der Waals surface area contributed by atoms with Crippen molar-refractivity contribution < 1.29 is 14.7 Å². The fraction of sp³-hybridized carbons (Fsp3) is 0.500. The zero-order chi connectivity index (χ0) is 15.7. The summed E-state index contributed by atoms with van der Waals surface area (Å²) >= 11 is 5.78. The zero-order valence-electron chi connectivity index (χ0n) is 12.3. The Morgan fingerprint density at radius 1 is 1.19 bits per heavy atom. The Labute approximate surface area is 130 Å². The zero-order valence-corrected chi connectivity index (χ0v) is 13.0. The van der Waals surface area contributed by atoms with Gasteiger partial charge in [0.2, 0.25) is 0 Å². The number of aliphatic carboxylic acids is 1. The molecule has 0 spiro atoms. The maximum Gasteiger partial charge on any atom is 0.303 e. The minimum Gasteiger partial charge on any atom is -0.481 e. The van der Waals surface area contributed by atoms with Gasteiger partial charge in [-0.1, -0.05) is 31.4 Å². The smallest absolute Gasteiger partial charge is 0.303 e. The van der Waals surface area contributed by atoms with E-state index in [1.807, 2.05) is 0 Å². The average Bonchev–Trinajstić information content (AvgIpc) is 2.45. The summed E-state index contributed by atoms with van der Waals surface area (Å²) in [6.07, 6.45) is 3.68. The van der Waals surface area contributed by atoms with Gasteiger partial charge in [-0.25, -0.2) is 0 Å². The molecule has 0 saturated heterocycles. The number of benzene rings is 1. The van der Waals surface area contributed by atoms with Crippen molar-refractivity contribution in [1.29, 1.82) is 0 Å². The van der Waals surface area contributed by atoms with E-state index in [1.54, 1.807) is 24.3 Å². The summed E-state index contributed by atoms with van der Waals surface area (Å²) in [5.74, 6) is -0.543. The molecule has 1 rings (SSSR count). The molecule has 0 bridgehead atoms. The van der Waals surface area contributed by atoms with Crippen LogP contribution in [0.5, 0.6) is 0 Å². The summed E-state index contributed by atoms with van der Waals surface area (Å²) in [5.41, 5.74) is 0.581. The number of carbonyl (C=O) groups is 2. The highest BCUT2D eigenvalue weighted by molar-refractivity contribution is 6.30. The highest BCUT2D eigenvalue weighted by Crippen LogP contribution is 2.17. The van der Waals surface area contributed by atoms with Crippen molar-refractivity contribution >= 4 is 23.5 Å². The minimum atomic E-state index is -0.763. The lowest BCUT2D eigenvalue weighted by atomic mass is 9.94. The monoisotopic (exact) mass is 311 g/mol. The lowest BCUT2D eigenvalue weighted by Crippen LogP contribution is -2.26. The molecule has 1 aromatic rings. The Kier molecular flexibility index (Phi) is 7.83. The Morgan fingerprint density at radius 2 is 1.86 bits per heavy atom. The van der Waals surface area contributed by atoms with E-state index in [9.17, 15) is 9.59 Å². The van der Waals surface area contributed by atoms with Crippen LogP contribution in [0, 0.1) is 5.92 Å².